The number of rotatable bonds is 3. The zero-order valence-electron chi connectivity index (χ0n) is 10.2. The Hall–Kier alpha value is -1.96. The van der Waals surface area contributed by atoms with Crippen molar-refractivity contribution < 1.29 is 18.8 Å². The highest BCUT2D eigenvalue weighted by Gasteiger charge is 2.13. The summed E-state index contributed by atoms with van der Waals surface area (Å²) in [5, 5.41) is 2.44. The van der Waals surface area contributed by atoms with Crippen molar-refractivity contribution in [3.05, 3.63) is 29.2 Å². The Morgan fingerprint density at radius 1 is 1.33 bits per heavy atom. The first kappa shape index (κ1) is 14.1. The fourth-order valence-electron chi connectivity index (χ4n) is 1.12. The Labute approximate surface area is 105 Å². The number of carbonyl (C=O) groups is 1. The van der Waals surface area contributed by atoms with Crippen molar-refractivity contribution >= 4 is 27.1 Å². The predicted molar refractivity (Wildman–Crippen MR) is 68.2 cm³/mol. The minimum absolute atomic E-state index is 0.294. The molecular weight excluding hydrogens is 258 g/mol. The molecule has 0 radical (unpaired) electrons. The lowest BCUT2D eigenvalue weighted by Gasteiger charge is -2.01. The summed E-state index contributed by atoms with van der Waals surface area (Å²) < 4.78 is 14.7. The van der Waals surface area contributed by atoms with E-state index in [1.165, 1.54) is 43.9 Å². The molecule has 0 aliphatic heterocycles. The highest BCUT2D eigenvalue weighted by atomic mass is 32.2. The van der Waals surface area contributed by atoms with Crippen LogP contribution >= 0.6 is 0 Å². The minimum atomic E-state index is -2.48. The summed E-state index contributed by atoms with van der Waals surface area (Å²) >= 11 is 0. The van der Waals surface area contributed by atoms with Gasteiger partial charge in [0.2, 0.25) is 0 Å². The molecule has 1 aromatic carbocycles. The monoisotopic (exact) mass is 272 g/mol. The Balaban J connectivity index is 2.79. The van der Waals surface area contributed by atoms with Crippen LogP contribution in [-0.4, -0.2) is 34.8 Å². The van der Waals surface area contributed by atoms with E-state index in [2.05, 4.69) is 14.5 Å². The normalized spacial score (nSPS) is 10.6. The molecule has 8 heteroatoms. The Morgan fingerprint density at radius 2 is 1.89 bits per heavy atom. The molecule has 2 amide bonds. The fourth-order valence-corrected chi connectivity index (χ4v) is 1.56. The summed E-state index contributed by atoms with van der Waals surface area (Å²) in [6.07, 6.45) is 2.73. The molecule has 1 N–H and O–H groups in total. The molecule has 0 fully saturated rings. The van der Waals surface area contributed by atoms with Gasteiger partial charge in [0, 0.05) is 30.3 Å². The molecule has 1 aromatic rings. The summed E-state index contributed by atoms with van der Waals surface area (Å²) in [5.74, 6) is 0. The number of anilines is 1. The smallest absolute Gasteiger partial charge is 0.306 e. The van der Waals surface area contributed by atoms with E-state index in [-0.39, 0.29) is 0 Å². The Bertz CT molecular complexity index is 565. The Kier molecular flexibility index (Phi) is 4.38. The van der Waals surface area contributed by atoms with Crippen LogP contribution in [0.4, 0.5) is 16.2 Å². The van der Waals surface area contributed by atoms with E-state index in [4.69, 9.17) is 0 Å². The summed E-state index contributed by atoms with van der Waals surface area (Å²) in [6.45, 7) is 0. The molecule has 0 saturated heterocycles. The first-order valence-electron chi connectivity index (χ1n) is 4.91. The number of carbonyl (C=O) groups excluding carboxylic acids is 1. The van der Waals surface area contributed by atoms with Crippen LogP contribution in [0.1, 0.15) is 0 Å². The quantitative estimate of drug-likeness (QED) is 0.851. The van der Waals surface area contributed by atoms with Crippen LogP contribution in [0.3, 0.4) is 0 Å². The third kappa shape index (κ3) is 4.50. The van der Waals surface area contributed by atoms with E-state index >= 15 is 0 Å². The highest BCUT2D eigenvalue weighted by Crippen LogP contribution is 2.16. The molecule has 0 spiro atoms. The zero-order valence-corrected chi connectivity index (χ0v) is 11.1. The van der Waals surface area contributed by atoms with Gasteiger partial charge in [0.25, 0.3) is 4.92 Å². The Morgan fingerprint density at radius 3 is 2.33 bits per heavy atom. The van der Waals surface area contributed by atoms with E-state index in [9.17, 15) is 13.9 Å². The molecule has 0 saturated carbocycles. The largest absolute Gasteiger partial charge is 0.353 e. The molecule has 0 atom stereocenters. The van der Waals surface area contributed by atoms with Gasteiger partial charge in [-0.1, -0.05) is 0 Å². The van der Waals surface area contributed by atoms with Crippen LogP contribution in [0.5, 0.6) is 0 Å². The average Bonchev–Trinajstić information content (AvgIpc) is 2.26. The first-order chi connectivity index (χ1) is 8.31. The number of urea groups is 1. The number of nitrogens with zero attached hydrogens (tertiary/aromatic N) is 2. The van der Waals surface area contributed by atoms with Gasteiger partial charge in [-0.05, 0) is 12.1 Å². The second-order valence-corrected chi connectivity index (χ2v) is 6.23. The molecule has 0 aliphatic rings. The molecular formula is C10H14N3O4S+. The van der Waals surface area contributed by atoms with Crippen LogP contribution in [0.2, 0.25) is 0 Å². The van der Waals surface area contributed by atoms with E-state index < -0.39 is 15.8 Å². The highest BCUT2D eigenvalue weighted by molar-refractivity contribution is 7.92. The van der Waals surface area contributed by atoms with Gasteiger partial charge in [0.05, 0.1) is 14.6 Å². The molecule has 7 nitrogen and oxygen atoms in total. The fraction of sp³-hybridized carbons (Fsp3) is 0.300. The lowest BCUT2D eigenvalue weighted by atomic mass is 10.3. The molecule has 0 unspecified atom stereocenters. The van der Waals surface area contributed by atoms with E-state index in [1.54, 1.807) is 0 Å². The average molecular weight is 272 g/mol. The van der Waals surface area contributed by atoms with Gasteiger partial charge >= 0.3 is 11.7 Å². The van der Waals surface area contributed by atoms with E-state index in [0.29, 0.717) is 16.3 Å². The van der Waals surface area contributed by atoms with Gasteiger partial charge in [0.1, 0.15) is 0 Å². The van der Waals surface area contributed by atoms with E-state index in [1.807, 2.05) is 0 Å². The van der Waals surface area contributed by atoms with Crippen molar-refractivity contribution in [2.75, 3.05) is 24.9 Å². The van der Waals surface area contributed by atoms with Crippen molar-refractivity contribution in [2.24, 2.45) is 4.36 Å². The maximum absolute atomic E-state index is 11.3. The van der Waals surface area contributed by atoms with Crippen LogP contribution in [0, 0.1) is 4.91 Å². The predicted octanol–water partition coefficient (Wildman–Crippen LogP) is 1.92. The van der Waals surface area contributed by atoms with Gasteiger partial charge in [0.15, 0.2) is 7.11 Å². The van der Waals surface area contributed by atoms with Gasteiger partial charge in [-0.3, -0.25) is 0 Å². The van der Waals surface area contributed by atoms with Gasteiger partial charge < -0.3 is 5.32 Å². The number of amides is 2. The number of benzene rings is 1. The third-order valence-electron chi connectivity index (χ3n) is 1.80. The van der Waals surface area contributed by atoms with Crippen molar-refractivity contribution in [3.8, 4) is 0 Å². The van der Waals surface area contributed by atoms with Gasteiger partial charge in [-0.2, -0.15) is 0 Å². The summed E-state index contributed by atoms with van der Waals surface area (Å²) in [7, 11) is -1.23. The molecule has 0 aliphatic carbocycles. The minimum Gasteiger partial charge on any atom is -0.306 e. The van der Waals surface area contributed by atoms with Crippen molar-refractivity contribution in [1.29, 1.82) is 0 Å². The number of hydrogen-bond donors (Lipinski definition) is 1. The molecule has 0 aromatic heterocycles. The third-order valence-corrected chi connectivity index (χ3v) is 2.40. The SMILES string of the molecule is CO[N+](=O)c1ccc(NC(=O)N=S(C)(C)=O)cc1. The zero-order chi connectivity index (χ0) is 13.8. The summed E-state index contributed by atoms with van der Waals surface area (Å²) in [6, 6.07) is 5.28. The summed E-state index contributed by atoms with van der Waals surface area (Å²) in [4.78, 5) is 27.2. The van der Waals surface area contributed by atoms with Crippen molar-refractivity contribution in [2.45, 2.75) is 0 Å². The van der Waals surface area contributed by atoms with Gasteiger partial charge in [-0.25, -0.2) is 13.8 Å². The van der Waals surface area contributed by atoms with Crippen LogP contribution < -0.4 is 5.32 Å². The maximum Gasteiger partial charge on any atom is 0.353 e. The lowest BCUT2D eigenvalue weighted by molar-refractivity contribution is -0.736. The standard InChI is InChI=1S/C10H13N3O4S/c1-17-13(15)9-6-4-8(5-7-9)11-10(14)12-18(2,3)16/h4-7H,1-3H3/p+1. The second kappa shape index (κ2) is 5.58. The molecule has 18 heavy (non-hydrogen) atoms. The lowest BCUT2D eigenvalue weighted by Crippen LogP contribution is -2.09. The molecule has 0 bridgehead atoms. The maximum atomic E-state index is 11.3. The second-order valence-electron chi connectivity index (χ2n) is 3.69. The van der Waals surface area contributed by atoms with Crippen LogP contribution in [-0.2, 0) is 14.6 Å². The number of hydrogen-bond acceptors (Lipinski definition) is 4. The van der Waals surface area contributed by atoms with Crippen molar-refractivity contribution in [3.63, 3.8) is 0 Å². The molecule has 1 rings (SSSR count). The molecule has 98 valence electrons. The van der Waals surface area contributed by atoms with Gasteiger partial charge in [-0.15, -0.1) is 4.36 Å². The number of nitrogens with one attached hydrogen (secondary N) is 1. The van der Waals surface area contributed by atoms with Crippen LogP contribution in [0.25, 0.3) is 0 Å². The van der Waals surface area contributed by atoms with E-state index in [0.717, 1.165) is 0 Å². The van der Waals surface area contributed by atoms with Crippen molar-refractivity contribution in [1.82, 2.24) is 0 Å². The van der Waals surface area contributed by atoms with Crippen LogP contribution in [0.15, 0.2) is 28.6 Å². The first-order valence-corrected chi connectivity index (χ1v) is 7.24. The summed E-state index contributed by atoms with van der Waals surface area (Å²) in [5.41, 5.74) is 0.739. The topological polar surface area (TPSA) is 87.8 Å². The molecule has 0 heterocycles.